The number of carbonyl (C=O) groups excluding carboxylic acids is 2. The lowest BCUT2D eigenvalue weighted by Crippen LogP contribution is -2.37. The monoisotopic (exact) mass is 353 g/mol. The number of carbonyl (C=O) groups is 2. The van der Waals surface area contributed by atoms with Crippen LogP contribution in [0.2, 0.25) is 0 Å². The van der Waals surface area contributed by atoms with Crippen molar-refractivity contribution in [2.45, 2.75) is 12.8 Å². The Morgan fingerprint density at radius 2 is 1.17 bits per heavy atom. The predicted molar refractivity (Wildman–Crippen MR) is 84.7 cm³/mol. The molecule has 0 saturated heterocycles. The van der Waals surface area contributed by atoms with Gasteiger partial charge < -0.3 is 0 Å². The Hall–Kier alpha value is -2.52. The summed E-state index contributed by atoms with van der Waals surface area (Å²) < 4.78 is 44.5. The number of hydrogen-bond acceptors (Lipinski definition) is 6. The normalized spacial score (nSPS) is 16.5. The minimum atomic E-state index is -2.59. The highest BCUT2D eigenvalue weighted by atomic mass is 32.2. The highest BCUT2D eigenvalue weighted by molar-refractivity contribution is 7.73. The molecule has 1 N–H and O–H groups in total. The smallest absolute Gasteiger partial charge is 0.259 e. The first-order valence-corrected chi connectivity index (χ1v) is 8.57. The zero-order valence-electron chi connectivity index (χ0n) is 11.6. The third-order valence-electron chi connectivity index (χ3n) is 3.12. The number of rotatable bonds is 2. The first-order valence-electron chi connectivity index (χ1n) is 6.42. The minimum absolute atomic E-state index is 0.0525. The van der Waals surface area contributed by atoms with E-state index in [1.54, 1.807) is 12.2 Å². The van der Waals surface area contributed by atoms with E-state index in [9.17, 15) is 26.4 Å². The van der Waals surface area contributed by atoms with Crippen LogP contribution in [-0.4, -0.2) is 38.4 Å². The van der Waals surface area contributed by atoms with Gasteiger partial charge in [0.25, 0.3) is 11.8 Å². The molecular formula is C14H11NO6S2. The number of amides is 2. The molecule has 0 bridgehead atoms. The van der Waals surface area contributed by atoms with Crippen LogP contribution in [0.25, 0.3) is 0 Å². The second-order valence-electron chi connectivity index (χ2n) is 4.52. The lowest BCUT2D eigenvalue weighted by atomic mass is 10.0. The molecular weight excluding hydrogens is 342 g/mol. The van der Waals surface area contributed by atoms with Gasteiger partial charge in [-0.25, -0.2) is 0 Å². The van der Waals surface area contributed by atoms with Gasteiger partial charge in [0.15, 0.2) is 0 Å². The molecule has 0 aromatic rings. The molecule has 2 aliphatic carbocycles. The van der Waals surface area contributed by atoms with Crippen molar-refractivity contribution in [1.82, 2.24) is 5.32 Å². The molecule has 2 amide bonds. The van der Waals surface area contributed by atoms with E-state index < -0.39 is 32.4 Å². The highest BCUT2D eigenvalue weighted by Crippen LogP contribution is 2.12. The quantitative estimate of drug-likeness (QED) is 0.529. The molecule has 7 nitrogen and oxygen atoms in total. The van der Waals surface area contributed by atoms with Crippen molar-refractivity contribution < 1.29 is 26.4 Å². The van der Waals surface area contributed by atoms with Crippen molar-refractivity contribution in [3.63, 3.8) is 0 Å². The van der Waals surface area contributed by atoms with Gasteiger partial charge in [-0.1, -0.05) is 24.3 Å². The van der Waals surface area contributed by atoms with Crippen LogP contribution in [0.3, 0.4) is 0 Å². The maximum atomic E-state index is 12.1. The average Bonchev–Trinajstić information content (AvgIpc) is 2.54. The molecule has 9 heteroatoms. The summed E-state index contributed by atoms with van der Waals surface area (Å²) in [5, 5.41) is 2.02. The Labute approximate surface area is 134 Å². The van der Waals surface area contributed by atoms with E-state index in [0.717, 1.165) is 0 Å². The molecule has 0 atom stereocenters. The van der Waals surface area contributed by atoms with Crippen LogP contribution in [0.1, 0.15) is 12.8 Å². The summed E-state index contributed by atoms with van der Waals surface area (Å²) in [6, 6.07) is 0. The number of nitrogens with one attached hydrogen (secondary N) is 1. The Morgan fingerprint density at radius 3 is 1.52 bits per heavy atom. The molecule has 0 fully saturated rings. The second-order valence-corrected chi connectivity index (χ2v) is 6.45. The SMILES string of the molecule is O=C(NC(=O)C1=CC=CCC1=S(=O)=O)C1=CC=CCC1=S(=O)=O. The average molecular weight is 353 g/mol. The van der Waals surface area contributed by atoms with Gasteiger partial charge in [0.2, 0.25) is 20.6 Å². The third kappa shape index (κ3) is 3.82. The van der Waals surface area contributed by atoms with E-state index in [1.807, 2.05) is 5.32 Å². The Bertz CT molecular complexity index is 876. The van der Waals surface area contributed by atoms with Gasteiger partial charge in [-0.15, -0.1) is 0 Å². The third-order valence-corrected chi connectivity index (χ3v) is 4.70. The molecule has 0 aromatic carbocycles. The molecule has 23 heavy (non-hydrogen) atoms. The minimum Gasteiger partial charge on any atom is -0.288 e. The van der Waals surface area contributed by atoms with Crippen LogP contribution in [0.5, 0.6) is 0 Å². The molecule has 0 aromatic heterocycles. The van der Waals surface area contributed by atoms with Gasteiger partial charge in [0.1, 0.15) is 0 Å². The van der Waals surface area contributed by atoms with Gasteiger partial charge in [0, 0.05) is 12.8 Å². The van der Waals surface area contributed by atoms with Crippen LogP contribution < -0.4 is 5.32 Å². The van der Waals surface area contributed by atoms with E-state index in [1.165, 1.54) is 24.3 Å². The molecule has 2 aliphatic rings. The standard InChI is InChI=1S/C14H11NO6S2/c16-13(9-5-1-3-7-11(9)22(18)19)15-14(17)10-6-2-4-8-12(10)23(20)21/h1-6H,7-8H2,(H,15,16,17). The topological polar surface area (TPSA) is 114 Å². The van der Waals surface area contributed by atoms with Gasteiger partial charge in [-0.05, 0) is 12.2 Å². The predicted octanol–water partition coefficient (Wildman–Crippen LogP) is -0.495. The lowest BCUT2D eigenvalue weighted by Gasteiger charge is -2.12. The molecule has 0 spiro atoms. The van der Waals surface area contributed by atoms with E-state index in [2.05, 4.69) is 0 Å². The zero-order valence-corrected chi connectivity index (χ0v) is 13.3. The number of hydrogen-bond donors (Lipinski definition) is 1. The van der Waals surface area contributed by atoms with Crippen LogP contribution in [0, 0.1) is 0 Å². The summed E-state index contributed by atoms with van der Waals surface area (Å²) in [6.45, 7) is 0. The van der Waals surface area contributed by atoms with Crippen LogP contribution >= 0.6 is 0 Å². The maximum Gasteiger partial charge on any atom is 0.259 e. The first-order chi connectivity index (χ1) is 10.9. The molecule has 120 valence electrons. The van der Waals surface area contributed by atoms with Crippen molar-refractivity contribution in [3.8, 4) is 0 Å². The van der Waals surface area contributed by atoms with Crippen molar-refractivity contribution >= 4 is 42.1 Å². The summed E-state index contributed by atoms with van der Waals surface area (Å²) in [5.41, 5.74) is -0.295. The largest absolute Gasteiger partial charge is 0.288 e. The van der Waals surface area contributed by atoms with Crippen LogP contribution in [-0.2, 0) is 30.2 Å². The summed E-state index contributed by atoms with van der Waals surface area (Å²) in [4.78, 5) is 23.9. The van der Waals surface area contributed by atoms with Gasteiger partial charge in [-0.2, -0.15) is 16.8 Å². The zero-order chi connectivity index (χ0) is 17.0. The number of imide groups is 1. The second kappa shape index (κ2) is 7.16. The fraction of sp³-hybridized carbons (Fsp3) is 0.143. The first kappa shape index (κ1) is 16.8. The molecule has 0 heterocycles. The summed E-state index contributed by atoms with van der Waals surface area (Å²) in [6.07, 6.45) is 8.79. The summed E-state index contributed by atoms with van der Waals surface area (Å²) in [5.74, 6) is -1.80. The fourth-order valence-corrected chi connectivity index (χ4v) is 3.19. The Balaban J connectivity index is 2.29. The van der Waals surface area contributed by atoms with Crippen LogP contribution in [0.15, 0.2) is 47.6 Å². The van der Waals surface area contributed by atoms with Crippen molar-refractivity contribution in [3.05, 3.63) is 47.6 Å². The molecule has 2 rings (SSSR count). The lowest BCUT2D eigenvalue weighted by molar-refractivity contribution is -0.125. The van der Waals surface area contributed by atoms with E-state index >= 15 is 0 Å². The van der Waals surface area contributed by atoms with Gasteiger partial charge in [0.05, 0.1) is 20.9 Å². The molecule has 0 aliphatic heterocycles. The van der Waals surface area contributed by atoms with E-state index in [4.69, 9.17) is 0 Å². The fourth-order valence-electron chi connectivity index (χ4n) is 2.04. The van der Waals surface area contributed by atoms with Gasteiger partial charge in [-0.3, -0.25) is 14.9 Å². The highest BCUT2D eigenvalue weighted by Gasteiger charge is 2.24. The van der Waals surface area contributed by atoms with Crippen molar-refractivity contribution in [2.24, 2.45) is 0 Å². The molecule has 0 radical (unpaired) electrons. The Kier molecular flexibility index (Phi) is 5.24. The van der Waals surface area contributed by atoms with Crippen molar-refractivity contribution in [1.29, 1.82) is 0 Å². The summed E-state index contributed by atoms with van der Waals surface area (Å²) in [7, 11) is -5.18. The van der Waals surface area contributed by atoms with Crippen molar-refractivity contribution in [2.75, 3.05) is 0 Å². The number of allylic oxidation sites excluding steroid dienone is 6. The van der Waals surface area contributed by atoms with Crippen LogP contribution in [0.4, 0.5) is 0 Å². The van der Waals surface area contributed by atoms with E-state index in [-0.39, 0.29) is 33.7 Å². The molecule has 0 unspecified atom stereocenters. The van der Waals surface area contributed by atoms with E-state index in [0.29, 0.717) is 0 Å². The molecule has 0 saturated carbocycles. The van der Waals surface area contributed by atoms with Gasteiger partial charge >= 0.3 is 0 Å². The summed E-state index contributed by atoms with van der Waals surface area (Å²) >= 11 is 0. The maximum absolute atomic E-state index is 12.1. The Morgan fingerprint density at radius 1 is 0.783 bits per heavy atom.